The van der Waals surface area contributed by atoms with E-state index in [1.165, 1.54) is 16.1 Å². The van der Waals surface area contributed by atoms with E-state index in [0.29, 0.717) is 30.7 Å². The fourth-order valence-electron chi connectivity index (χ4n) is 3.36. The number of rotatable bonds is 5. The van der Waals surface area contributed by atoms with Gasteiger partial charge in [0.15, 0.2) is 11.2 Å². The maximum atomic E-state index is 13.3. The molecule has 0 saturated heterocycles. The second-order valence-electron chi connectivity index (χ2n) is 9.24. The Kier molecular flexibility index (Phi) is 5.92. The van der Waals surface area contributed by atoms with Crippen molar-refractivity contribution in [3.63, 3.8) is 0 Å². The molecule has 28 heavy (non-hydrogen) atoms. The SMILES string of the molecule is CCCn1c(=O)c2c(nc(C(C)(C)C)n2C(C)(C)C)n(CCNC(C)=O)c1=O. The number of aromatic nitrogens is 4. The van der Waals surface area contributed by atoms with Gasteiger partial charge < -0.3 is 9.88 Å². The first kappa shape index (κ1) is 21.9. The van der Waals surface area contributed by atoms with Crippen molar-refractivity contribution in [3.8, 4) is 0 Å². The summed E-state index contributed by atoms with van der Waals surface area (Å²) in [6, 6.07) is 0. The Bertz CT molecular complexity index is 996. The van der Waals surface area contributed by atoms with E-state index >= 15 is 0 Å². The average Bonchev–Trinajstić information content (AvgIpc) is 2.95. The Balaban J connectivity index is 2.95. The van der Waals surface area contributed by atoms with Crippen LogP contribution in [0.15, 0.2) is 9.59 Å². The molecular formula is C20H33N5O3. The van der Waals surface area contributed by atoms with E-state index in [-0.39, 0.29) is 34.7 Å². The zero-order valence-corrected chi connectivity index (χ0v) is 18.3. The normalized spacial score (nSPS) is 12.6. The molecule has 0 atom stereocenters. The number of nitrogens with zero attached hydrogens (tertiary/aromatic N) is 4. The number of carbonyl (C=O) groups is 1. The van der Waals surface area contributed by atoms with E-state index in [1.54, 1.807) is 0 Å². The highest BCUT2D eigenvalue weighted by molar-refractivity contribution is 5.73. The van der Waals surface area contributed by atoms with E-state index in [1.807, 2.05) is 53.0 Å². The molecule has 0 aliphatic carbocycles. The van der Waals surface area contributed by atoms with Crippen LogP contribution in [-0.2, 0) is 28.8 Å². The second-order valence-corrected chi connectivity index (χ2v) is 9.24. The van der Waals surface area contributed by atoms with Gasteiger partial charge in [0.2, 0.25) is 5.91 Å². The standard InChI is InChI=1S/C20H33N5O3/c1-9-11-24-16(27)14-15(23(18(24)28)12-10-21-13(2)26)22-17(19(3,4)5)25(14)20(6,7)8/h9-12H2,1-8H3,(H,21,26). The van der Waals surface area contributed by atoms with E-state index in [0.717, 1.165) is 5.82 Å². The number of nitrogens with one attached hydrogen (secondary N) is 1. The molecule has 0 radical (unpaired) electrons. The highest BCUT2D eigenvalue weighted by atomic mass is 16.2. The van der Waals surface area contributed by atoms with Gasteiger partial charge in [-0.1, -0.05) is 27.7 Å². The van der Waals surface area contributed by atoms with Crippen molar-refractivity contribution >= 4 is 17.1 Å². The monoisotopic (exact) mass is 391 g/mol. The zero-order chi connectivity index (χ0) is 21.4. The summed E-state index contributed by atoms with van der Waals surface area (Å²) in [5, 5.41) is 2.71. The van der Waals surface area contributed by atoms with Gasteiger partial charge in [0.25, 0.3) is 5.56 Å². The van der Waals surface area contributed by atoms with Crippen molar-refractivity contribution in [2.24, 2.45) is 0 Å². The molecule has 0 spiro atoms. The molecule has 0 saturated carbocycles. The van der Waals surface area contributed by atoms with Crippen LogP contribution < -0.4 is 16.6 Å². The number of hydrogen-bond donors (Lipinski definition) is 1. The van der Waals surface area contributed by atoms with Crippen LogP contribution in [0.4, 0.5) is 0 Å². The fourth-order valence-corrected chi connectivity index (χ4v) is 3.36. The zero-order valence-electron chi connectivity index (χ0n) is 18.3. The molecule has 1 N–H and O–H groups in total. The average molecular weight is 392 g/mol. The Hall–Kier alpha value is -2.38. The summed E-state index contributed by atoms with van der Waals surface area (Å²) in [6.45, 7) is 16.5. The van der Waals surface area contributed by atoms with Gasteiger partial charge in [-0.15, -0.1) is 0 Å². The van der Waals surface area contributed by atoms with Crippen LogP contribution in [0.3, 0.4) is 0 Å². The lowest BCUT2D eigenvalue weighted by Crippen LogP contribution is -2.43. The topological polar surface area (TPSA) is 90.9 Å². The minimum atomic E-state index is -0.388. The first-order valence-electron chi connectivity index (χ1n) is 9.82. The van der Waals surface area contributed by atoms with E-state index in [2.05, 4.69) is 5.32 Å². The quantitative estimate of drug-likeness (QED) is 0.843. The fraction of sp³-hybridized carbons (Fsp3) is 0.700. The molecule has 2 aromatic heterocycles. The molecule has 1 amide bonds. The molecule has 2 heterocycles. The Morgan fingerprint density at radius 1 is 1.04 bits per heavy atom. The van der Waals surface area contributed by atoms with Crippen molar-refractivity contribution in [3.05, 3.63) is 26.7 Å². The molecule has 8 nitrogen and oxygen atoms in total. The van der Waals surface area contributed by atoms with Gasteiger partial charge in [-0.25, -0.2) is 9.78 Å². The number of hydrogen-bond acceptors (Lipinski definition) is 4. The highest BCUT2D eigenvalue weighted by Gasteiger charge is 2.32. The summed E-state index contributed by atoms with van der Waals surface area (Å²) in [5.41, 5.74) is -0.576. The minimum Gasteiger partial charge on any atom is -0.355 e. The molecule has 8 heteroatoms. The van der Waals surface area contributed by atoms with E-state index in [4.69, 9.17) is 4.98 Å². The Morgan fingerprint density at radius 3 is 2.11 bits per heavy atom. The summed E-state index contributed by atoms with van der Waals surface area (Å²) in [7, 11) is 0. The van der Waals surface area contributed by atoms with Crippen molar-refractivity contribution in [2.45, 2.75) is 85.9 Å². The number of amides is 1. The van der Waals surface area contributed by atoms with Crippen LogP contribution in [0.5, 0.6) is 0 Å². The van der Waals surface area contributed by atoms with Gasteiger partial charge in [-0.05, 0) is 27.2 Å². The van der Waals surface area contributed by atoms with Gasteiger partial charge in [0.1, 0.15) is 5.82 Å². The van der Waals surface area contributed by atoms with Crippen molar-refractivity contribution in [1.29, 1.82) is 0 Å². The third-order valence-electron chi connectivity index (χ3n) is 4.52. The minimum absolute atomic E-state index is 0.165. The molecule has 0 unspecified atom stereocenters. The number of fused-ring (bicyclic) bond motifs is 1. The molecule has 0 aromatic carbocycles. The maximum absolute atomic E-state index is 13.3. The summed E-state index contributed by atoms with van der Waals surface area (Å²) in [6.07, 6.45) is 0.669. The van der Waals surface area contributed by atoms with Gasteiger partial charge in [-0.2, -0.15) is 0 Å². The van der Waals surface area contributed by atoms with Crippen LogP contribution in [-0.4, -0.2) is 31.1 Å². The number of imidazole rings is 1. The van der Waals surface area contributed by atoms with Crippen molar-refractivity contribution in [2.75, 3.05) is 6.54 Å². The molecule has 2 aromatic rings. The molecule has 0 bridgehead atoms. The Morgan fingerprint density at radius 2 is 1.64 bits per heavy atom. The highest BCUT2D eigenvalue weighted by Crippen LogP contribution is 2.30. The smallest absolute Gasteiger partial charge is 0.332 e. The molecule has 0 aliphatic heterocycles. The molecule has 0 fully saturated rings. The van der Waals surface area contributed by atoms with Crippen LogP contribution >= 0.6 is 0 Å². The molecule has 2 rings (SSSR count). The molecule has 156 valence electrons. The van der Waals surface area contributed by atoms with Gasteiger partial charge in [0.05, 0.1) is 0 Å². The lowest BCUT2D eigenvalue weighted by atomic mass is 9.94. The second kappa shape index (κ2) is 7.56. The number of carbonyl (C=O) groups excluding carboxylic acids is 1. The summed E-state index contributed by atoms with van der Waals surface area (Å²) in [5.74, 6) is 0.593. The molecular weight excluding hydrogens is 358 g/mol. The molecule has 0 aliphatic rings. The van der Waals surface area contributed by atoms with Crippen LogP contribution in [0, 0.1) is 0 Å². The maximum Gasteiger partial charge on any atom is 0.332 e. The first-order valence-corrected chi connectivity index (χ1v) is 9.82. The van der Waals surface area contributed by atoms with Gasteiger partial charge in [0, 0.05) is 37.5 Å². The van der Waals surface area contributed by atoms with Crippen LogP contribution in [0.25, 0.3) is 11.2 Å². The van der Waals surface area contributed by atoms with Crippen molar-refractivity contribution in [1.82, 2.24) is 24.0 Å². The van der Waals surface area contributed by atoms with Crippen LogP contribution in [0.1, 0.15) is 67.6 Å². The summed E-state index contributed by atoms with van der Waals surface area (Å²) >= 11 is 0. The third kappa shape index (κ3) is 4.05. The van der Waals surface area contributed by atoms with E-state index in [9.17, 15) is 14.4 Å². The van der Waals surface area contributed by atoms with Crippen LogP contribution in [0.2, 0.25) is 0 Å². The first-order chi connectivity index (χ1) is 12.8. The van der Waals surface area contributed by atoms with E-state index < -0.39 is 0 Å². The lowest BCUT2D eigenvalue weighted by molar-refractivity contribution is -0.118. The predicted molar refractivity (Wildman–Crippen MR) is 111 cm³/mol. The largest absolute Gasteiger partial charge is 0.355 e. The van der Waals surface area contributed by atoms with Gasteiger partial charge in [-0.3, -0.25) is 18.7 Å². The summed E-state index contributed by atoms with van der Waals surface area (Å²) in [4.78, 5) is 42.4. The van der Waals surface area contributed by atoms with Gasteiger partial charge >= 0.3 is 5.69 Å². The Labute approximate surface area is 165 Å². The predicted octanol–water partition coefficient (Wildman–Crippen LogP) is 1.96. The van der Waals surface area contributed by atoms with Crippen molar-refractivity contribution < 1.29 is 4.79 Å². The third-order valence-corrected chi connectivity index (χ3v) is 4.52. The lowest BCUT2D eigenvalue weighted by Gasteiger charge is -2.29. The summed E-state index contributed by atoms with van der Waals surface area (Å²) < 4.78 is 4.76.